The molecular formula is C10H8F3NOS. The minimum Gasteiger partial charge on any atom is -0.211 e. The molecule has 1 aromatic carbocycles. The van der Waals surface area contributed by atoms with Crippen LogP contribution in [0.1, 0.15) is 18.5 Å². The molecule has 0 heterocycles. The van der Waals surface area contributed by atoms with Crippen molar-refractivity contribution in [2.45, 2.75) is 23.4 Å². The Kier molecular flexibility index (Phi) is 4.15. The van der Waals surface area contributed by atoms with Crippen molar-refractivity contribution in [3.05, 3.63) is 29.8 Å². The summed E-state index contributed by atoms with van der Waals surface area (Å²) in [5.74, 6) is 0. The Morgan fingerprint density at radius 3 is 2.31 bits per heavy atom. The van der Waals surface area contributed by atoms with E-state index in [1.165, 1.54) is 30.3 Å². The van der Waals surface area contributed by atoms with Gasteiger partial charge in [-0.2, -0.15) is 18.2 Å². The molecule has 0 spiro atoms. The van der Waals surface area contributed by atoms with Crippen LogP contribution in [0.5, 0.6) is 0 Å². The summed E-state index contributed by atoms with van der Waals surface area (Å²) in [7, 11) is 0. The minimum atomic E-state index is -4.28. The maximum atomic E-state index is 12.0. The molecule has 2 nitrogen and oxygen atoms in total. The van der Waals surface area contributed by atoms with Gasteiger partial charge in [-0.25, -0.2) is 4.79 Å². The molecule has 16 heavy (non-hydrogen) atoms. The molecule has 0 saturated carbocycles. The van der Waals surface area contributed by atoms with Crippen LogP contribution in [0.4, 0.5) is 13.2 Å². The van der Waals surface area contributed by atoms with E-state index in [4.69, 9.17) is 0 Å². The molecule has 0 N–H and O–H groups in total. The van der Waals surface area contributed by atoms with E-state index in [-0.39, 0.29) is 22.7 Å². The lowest BCUT2D eigenvalue weighted by Gasteiger charge is -2.07. The Hall–Kier alpha value is -1.26. The van der Waals surface area contributed by atoms with Crippen LogP contribution in [0.25, 0.3) is 0 Å². The molecule has 0 aliphatic carbocycles. The van der Waals surface area contributed by atoms with E-state index < -0.39 is 5.51 Å². The van der Waals surface area contributed by atoms with E-state index in [1.807, 2.05) is 0 Å². The van der Waals surface area contributed by atoms with Crippen molar-refractivity contribution >= 4 is 17.8 Å². The summed E-state index contributed by atoms with van der Waals surface area (Å²) < 4.78 is 36.0. The molecule has 0 amide bonds. The summed E-state index contributed by atoms with van der Waals surface area (Å²) in [5, 5.41) is 0. The van der Waals surface area contributed by atoms with Crippen LogP contribution < -0.4 is 0 Å². The number of hydrogen-bond acceptors (Lipinski definition) is 3. The number of halogens is 3. The zero-order valence-electron chi connectivity index (χ0n) is 8.28. The smallest absolute Gasteiger partial charge is 0.211 e. The second-order valence-electron chi connectivity index (χ2n) is 3.01. The fraction of sp³-hybridized carbons (Fsp3) is 0.300. The largest absolute Gasteiger partial charge is 0.446 e. The highest BCUT2D eigenvalue weighted by atomic mass is 32.2. The standard InChI is InChI=1S/C10H8F3NOS/c1-7(14-6-15)8-2-4-9(5-3-8)16-10(11,12)13/h2-5,7H,1H3. The molecule has 0 radical (unpaired) electrons. The molecule has 1 rings (SSSR count). The molecule has 0 saturated heterocycles. The van der Waals surface area contributed by atoms with Crippen molar-refractivity contribution in [1.29, 1.82) is 0 Å². The second kappa shape index (κ2) is 5.18. The third-order valence-corrected chi connectivity index (χ3v) is 2.58. The van der Waals surface area contributed by atoms with Gasteiger partial charge < -0.3 is 0 Å². The van der Waals surface area contributed by atoms with Crippen molar-refractivity contribution in [2.75, 3.05) is 0 Å². The fourth-order valence-corrected chi connectivity index (χ4v) is 1.64. The summed E-state index contributed by atoms with van der Waals surface area (Å²) in [5.41, 5.74) is -3.61. The summed E-state index contributed by atoms with van der Waals surface area (Å²) in [6, 6.07) is 5.34. The van der Waals surface area contributed by atoms with Crippen molar-refractivity contribution < 1.29 is 18.0 Å². The molecule has 0 aliphatic rings. The highest BCUT2D eigenvalue weighted by Gasteiger charge is 2.29. The number of carbonyl (C=O) groups excluding carboxylic acids is 1. The summed E-state index contributed by atoms with van der Waals surface area (Å²) in [6.07, 6.45) is 1.41. The Bertz CT molecular complexity index is 396. The minimum absolute atomic E-state index is 0.110. The predicted octanol–water partition coefficient (Wildman–Crippen LogP) is 3.70. The number of alkyl halides is 3. The Labute approximate surface area is 94.6 Å². The SMILES string of the molecule is CC(N=C=O)c1ccc(SC(F)(F)F)cc1. The maximum absolute atomic E-state index is 12.0. The van der Waals surface area contributed by atoms with Crippen molar-refractivity contribution in [1.82, 2.24) is 0 Å². The van der Waals surface area contributed by atoms with E-state index in [2.05, 4.69) is 4.99 Å². The first kappa shape index (κ1) is 12.8. The Morgan fingerprint density at radius 1 is 1.31 bits per heavy atom. The normalized spacial score (nSPS) is 13.0. The van der Waals surface area contributed by atoms with Gasteiger partial charge in [-0.3, -0.25) is 0 Å². The molecule has 1 unspecified atom stereocenters. The quantitative estimate of drug-likeness (QED) is 0.463. The molecular weight excluding hydrogens is 239 g/mol. The number of isocyanates is 1. The van der Waals surface area contributed by atoms with Gasteiger partial charge in [0, 0.05) is 4.90 Å². The Balaban J connectivity index is 2.79. The van der Waals surface area contributed by atoms with Gasteiger partial charge in [-0.1, -0.05) is 12.1 Å². The number of aliphatic imine (C=N–C) groups is 1. The topological polar surface area (TPSA) is 29.4 Å². The van der Waals surface area contributed by atoms with Crippen molar-refractivity contribution in [2.24, 2.45) is 4.99 Å². The molecule has 0 bridgehead atoms. The first-order chi connectivity index (χ1) is 7.42. The van der Waals surface area contributed by atoms with Gasteiger partial charge in [0.2, 0.25) is 6.08 Å². The van der Waals surface area contributed by atoms with Gasteiger partial charge >= 0.3 is 5.51 Å². The van der Waals surface area contributed by atoms with Crippen LogP contribution in [0, 0.1) is 0 Å². The van der Waals surface area contributed by atoms with Crippen LogP contribution in [0.15, 0.2) is 34.2 Å². The summed E-state index contributed by atoms with van der Waals surface area (Å²) >= 11 is -0.173. The monoisotopic (exact) mass is 247 g/mol. The van der Waals surface area contributed by atoms with Gasteiger partial charge in [-0.15, -0.1) is 0 Å². The van der Waals surface area contributed by atoms with Crippen LogP contribution >= 0.6 is 11.8 Å². The molecule has 0 aliphatic heterocycles. The van der Waals surface area contributed by atoms with Gasteiger partial charge in [0.25, 0.3) is 0 Å². The lowest BCUT2D eigenvalue weighted by atomic mass is 10.1. The zero-order chi connectivity index (χ0) is 12.2. The average molecular weight is 247 g/mol. The highest BCUT2D eigenvalue weighted by Crippen LogP contribution is 2.37. The van der Waals surface area contributed by atoms with Gasteiger partial charge in [0.15, 0.2) is 0 Å². The average Bonchev–Trinajstić information content (AvgIpc) is 2.16. The lowest BCUT2D eigenvalue weighted by Crippen LogP contribution is -1.99. The Morgan fingerprint density at radius 2 is 1.88 bits per heavy atom. The predicted molar refractivity (Wildman–Crippen MR) is 54.9 cm³/mol. The van der Waals surface area contributed by atoms with Gasteiger partial charge in [0.1, 0.15) is 0 Å². The fourth-order valence-electron chi connectivity index (χ4n) is 1.10. The third-order valence-electron chi connectivity index (χ3n) is 1.84. The number of benzene rings is 1. The van der Waals surface area contributed by atoms with Crippen molar-refractivity contribution in [3.8, 4) is 0 Å². The van der Waals surface area contributed by atoms with Gasteiger partial charge in [-0.05, 0) is 36.4 Å². The molecule has 6 heteroatoms. The van der Waals surface area contributed by atoms with Crippen molar-refractivity contribution in [3.63, 3.8) is 0 Å². The number of thioether (sulfide) groups is 1. The number of rotatable bonds is 3. The molecule has 0 fully saturated rings. The zero-order valence-corrected chi connectivity index (χ0v) is 9.10. The first-order valence-electron chi connectivity index (χ1n) is 4.35. The highest BCUT2D eigenvalue weighted by molar-refractivity contribution is 8.00. The maximum Gasteiger partial charge on any atom is 0.446 e. The summed E-state index contributed by atoms with van der Waals surface area (Å²) in [6.45, 7) is 1.66. The molecule has 86 valence electrons. The molecule has 0 aromatic heterocycles. The third kappa shape index (κ3) is 4.08. The molecule has 1 aromatic rings. The lowest BCUT2D eigenvalue weighted by molar-refractivity contribution is -0.0328. The van der Waals surface area contributed by atoms with E-state index in [0.29, 0.717) is 5.56 Å². The van der Waals surface area contributed by atoms with E-state index >= 15 is 0 Å². The van der Waals surface area contributed by atoms with Crippen LogP contribution in [0.2, 0.25) is 0 Å². The van der Waals surface area contributed by atoms with E-state index in [1.54, 1.807) is 6.92 Å². The van der Waals surface area contributed by atoms with E-state index in [0.717, 1.165) is 0 Å². The second-order valence-corrected chi connectivity index (χ2v) is 4.15. The molecule has 1 atom stereocenters. The summed E-state index contributed by atoms with van der Waals surface area (Å²) in [4.78, 5) is 13.6. The van der Waals surface area contributed by atoms with Gasteiger partial charge in [0.05, 0.1) is 6.04 Å². The van der Waals surface area contributed by atoms with Crippen LogP contribution in [0.3, 0.4) is 0 Å². The number of hydrogen-bond donors (Lipinski definition) is 0. The number of nitrogens with zero attached hydrogens (tertiary/aromatic N) is 1. The van der Waals surface area contributed by atoms with Crippen LogP contribution in [-0.4, -0.2) is 11.6 Å². The van der Waals surface area contributed by atoms with E-state index in [9.17, 15) is 18.0 Å². The van der Waals surface area contributed by atoms with Crippen LogP contribution in [-0.2, 0) is 4.79 Å². The first-order valence-corrected chi connectivity index (χ1v) is 5.17.